The predicted octanol–water partition coefficient (Wildman–Crippen LogP) is 5.15. The average molecular weight is 381 g/mol. The minimum atomic E-state index is 0.474. The van der Waals surface area contributed by atoms with Crippen LogP contribution in [0.15, 0.2) is 53.9 Å². The number of hydrogen-bond acceptors (Lipinski definition) is 5. The third-order valence-electron chi connectivity index (χ3n) is 5.04. The number of rotatable bonds is 6. The Morgan fingerprint density at radius 3 is 2.59 bits per heavy atom. The van der Waals surface area contributed by atoms with Crippen LogP contribution in [0.4, 0.5) is 0 Å². The molecule has 0 bridgehead atoms. The maximum atomic E-state index is 5.29. The summed E-state index contributed by atoms with van der Waals surface area (Å²) >= 11 is 1.74. The zero-order valence-corrected chi connectivity index (χ0v) is 16.4. The first-order valence-electron chi connectivity index (χ1n) is 9.46. The normalized spacial score (nSPS) is 15.0. The molecule has 2 aromatic heterocycles. The van der Waals surface area contributed by atoms with Crippen LogP contribution >= 0.6 is 11.8 Å². The molecule has 140 valence electrons. The van der Waals surface area contributed by atoms with Crippen molar-refractivity contribution in [2.24, 2.45) is 0 Å². The van der Waals surface area contributed by atoms with Crippen molar-refractivity contribution in [1.82, 2.24) is 19.7 Å². The summed E-state index contributed by atoms with van der Waals surface area (Å²) in [7, 11) is 1.69. The molecule has 1 aliphatic rings. The van der Waals surface area contributed by atoms with E-state index in [0.29, 0.717) is 6.04 Å². The number of benzene rings is 1. The van der Waals surface area contributed by atoms with Crippen LogP contribution in [0.5, 0.6) is 5.75 Å². The number of thioether (sulfide) groups is 1. The van der Waals surface area contributed by atoms with E-state index < -0.39 is 0 Å². The van der Waals surface area contributed by atoms with E-state index in [2.05, 4.69) is 37.9 Å². The van der Waals surface area contributed by atoms with E-state index in [4.69, 9.17) is 4.74 Å². The Morgan fingerprint density at radius 1 is 1.07 bits per heavy atom. The Kier molecular flexibility index (Phi) is 5.72. The Morgan fingerprint density at radius 2 is 1.89 bits per heavy atom. The lowest BCUT2D eigenvalue weighted by atomic mass is 9.95. The molecule has 1 fully saturated rings. The molecule has 0 unspecified atom stereocenters. The van der Waals surface area contributed by atoms with Crippen LogP contribution in [-0.2, 0) is 5.75 Å². The Balaban J connectivity index is 1.64. The van der Waals surface area contributed by atoms with Gasteiger partial charge < -0.3 is 4.74 Å². The molecule has 27 heavy (non-hydrogen) atoms. The second-order valence-corrected chi connectivity index (χ2v) is 7.79. The molecule has 3 aromatic rings. The lowest BCUT2D eigenvalue weighted by Crippen LogP contribution is -2.15. The van der Waals surface area contributed by atoms with E-state index >= 15 is 0 Å². The molecule has 6 heteroatoms. The van der Waals surface area contributed by atoms with Gasteiger partial charge in [-0.2, -0.15) is 0 Å². The van der Waals surface area contributed by atoms with Gasteiger partial charge in [-0.1, -0.05) is 37.1 Å². The minimum absolute atomic E-state index is 0.474. The number of methoxy groups -OCH3 is 1. The summed E-state index contributed by atoms with van der Waals surface area (Å²) in [6, 6.07) is 12.7. The molecule has 0 N–H and O–H groups in total. The van der Waals surface area contributed by atoms with Crippen molar-refractivity contribution in [2.45, 2.75) is 49.1 Å². The van der Waals surface area contributed by atoms with Crippen LogP contribution in [0.1, 0.15) is 43.7 Å². The molecule has 1 saturated carbocycles. The Labute approximate surface area is 164 Å². The molecule has 0 spiro atoms. The molecule has 0 atom stereocenters. The fraction of sp³-hybridized carbons (Fsp3) is 0.381. The third kappa shape index (κ3) is 4.16. The van der Waals surface area contributed by atoms with Gasteiger partial charge in [-0.3, -0.25) is 9.55 Å². The fourth-order valence-corrected chi connectivity index (χ4v) is 4.55. The van der Waals surface area contributed by atoms with Crippen molar-refractivity contribution in [3.63, 3.8) is 0 Å². The maximum absolute atomic E-state index is 5.29. The Hall–Kier alpha value is -2.34. The lowest BCUT2D eigenvalue weighted by molar-refractivity contribution is 0.339. The van der Waals surface area contributed by atoms with Gasteiger partial charge in [-0.15, -0.1) is 10.2 Å². The molecule has 0 aliphatic heterocycles. The first kappa shape index (κ1) is 18.0. The molecule has 1 aliphatic carbocycles. The number of hydrogen-bond donors (Lipinski definition) is 0. The highest BCUT2D eigenvalue weighted by Crippen LogP contribution is 2.36. The van der Waals surface area contributed by atoms with Gasteiger partial charge in [0, 0.05) is 29.8 Å². The molecule has 5 nitrogen and oxygen atoms in total. The van der Waals surface area contributed by atoms with Gasteiger partial charge in [0.2, 0.25) is 0 Å². The van der Waals surface area contributed by atoms with Gasteiger partial charge in [0.05, 0.1) is 7.11 Å². The summed E-state index contributed by atoms with van der Waals surface area (Å²) in [6.45, 7) is 0. The van der Waals surface area contributed by atoms with E-state index in [1.807, 2.05) is 24.4 Å². The number of aromatic nitrogens is 4. The molecule has 0 amide bonds. The van der Waals surface area contributed by atoms with Gasteiger partial charge >= 0.3 is 0 Å². The summed E-state index contributed by atoms with van der Waals surface area (Å²) in [4.78, 5) is 4.21. The van der Waals surface area contributed by atoms with Crippen molar-refractivity contribution in [3.05, 3.63) is 54.4 Å². The number of pyridine rings is 1. The standard InChI is InChI=1S/C21H24N4OS/c1-26-19-11-9-17(10-12-19)20-23-24-21(25(20)18-7-3-2-4-8-18)27-15-16-6-5-13-22-14-16/h5-6,9-14,18H,2-4,7-8,15H2,1H3. The van der Waals surface area contributed by atoms with Crippen LogP contribution in [0.25, 0.3) is 11.4 Å². The molecular weight excluding hydrogens is 356 g/mol. The predicted molar refractivity (Wildman–Crippen MR) is 108 cm³/mol. The van der Waals surface area contributed by atoms with Crippen molar-refractivity contribution < 1.29 is 4.74 Å². The third-order valence-corrected chi connectivity index (χ3v) is 6.06. The summed E-state index contributed by atoms with van der Waals surface area (Å²) in [6.07, 6.45) is 9.99. The largest absolute Gasteiger partial charge is 0.497 e. The fourth-order valence-electron chi connectivity index (χ4n) is 3.61. The van der Waals surface area contributed by atoms with Crippen LogP contribution in [0.2, 0.25) is 0 Å². The Bertz CT molecular complexity index is 858. The zero-order valence-electron chi connectivity index (χ0n) is 15.5. The maximum Gasteiger partial charge on any atom is 0.192 e. The van der Waals surface area contributed by atoms with Gasteiger partial charge in [0.25, 0.3) is 0 Å². The molecule has 2 heterocycles. The summed E-state index contributed by atoms with van der Waals surface area (Å²) < 4.78 is 7.65. The van der Waals surface area contributed by atoms with E-state index in [9.17, 15) is 0 Å². The molecule has 4 rings (SSSR count). The van der Waals surface area contributed by atoms with Crippen LogP contribution in [0, 0.1) is 0 Å². The van der Waals surface area contributed by atoms with E-state index in [0.717, 1.165) is 28.0 Å². The number of nitrogens with zero attached hydrogens (tertiary/aromatic N) is 4. The SMILES string of the molecule is COc1ccc(-c2nnc(SCc3cccnc3)n2C2CCCCC2)cc1. The van der Waals surface area contributed by atoms with Gasteiger partial charge in [-0.25, -0.2) is 0 Å². The first-order valence-corrected chi connectivity index (χ1v) is 10.4. The van der Waals surface area contributed by atoms with Gasteiger partial charge in [-0.05, 0) is 48.7 Å². The zero-order chi connectivity index (χ0) is 18.5. The van der Waals surface area contributed by atoms with E-state index in [1.54, 1.807) is 25.1 Å². The number of ether oxygens (including phenoxy) is 1. The second kappa shape index (κ2) is 8.57. The topological polar surface area (TPSA) is 52.8 Å². The van der Waals surface area contributed by atoms with Crippen LogP contribution < -0.4 is 4.74 Å². The summed E-state index contributed by atoms with van der Waals surface area (Å²) in [5.41, 5.74) is 2.29. The average Bonchev–Trinajstić information content (AvgIpc) is 3.17. The highest BCUT2D eigenvalue weighted by atomic mass is 32.2. The monoisotopic (exact) mass is 380 g/mol. The van der Waals surface area contributed by atoms with Crippen molar-refractivity contribution in [2.75, 3.05) is 7.11 Å². The van der Waals surface area contributed by atoms with E-state index in [1.165, 1.54) is 37.7 Å². The van der Waals surface area contributed by atoms with E-state index in [-0.39, 0.29) is 0 Å². The highest BCUT2D eigenvalue weighted by Gasteiger charge is 2.23. The van der Waals surface area contributed by atoms with Crippen molar-refractivity contribution in [3.8, 4) is 17.1 Å². The molecule has 0 radical (unpaired) electrons. The van der Waals surface area contributed by atoms with Crippen molar-refractivity contribution >= 4 is 11.8 Å². The molecular formula is C21H24N4OS. The second-order valence-electron chi connectivity index (χ2n) is 6.85. The summed E-state index contributed by atoms with van der Waals surface area (Å²) in [5, 5.41) is 10.1. The van der Waals surface area contributed by atoms with Crippen molar-refractivity contribution in [1.29, 1.82) is 0 Å². The van der Waals surface area contributed by atoms with Gasteiger partial charge in [0.1, 0.15) is 5.75 Å². The molecule has 0 saturated heterocycles. The summed E-state index contributed by atoms with van der Waals surface area (Å²) in [5.74, 6) is 2.66. The highest BCUT2D eigenvalue weighted by molar-refractivity contribution is 7.98. The smallest absolute Gasteiger partial charge is 0.192 e. The quantitative estimate of drug-likeness (QED) is 0.554. The van der Waals surface area contributed by atoms with Gasteiger partial charge in [0.15, 0.2) is 11.0 Å². The molecule has 1 aromatic carbocycles. The minimum Gasteiger partial charge on any atom is -0.497 e. The van der Waals surface area contributed by atoms with Crippen LogP contribution in [-0.4, -0.2) is 26.9 Å². The first-order chi connectivity index (χ1) is 13.3. The van der Waals surface area contributed by atoms with Crippen LogP contribution in [0.3, 0.4) is 0 Å². The lowest BCUT2D eigenvalue weighted by Gasteiger charge is -2.25.